The average Bonchev–Trinajstić information content (AvgIpc) is 2.47. The van der Waals surface area contributed by atoms with Gasteiger partial charge in [-0.05, 0) is 48.5 Å². The Kier molecular flexibility index (Phi) is 4.64. The lowest BCUT2D eigenvalue weighted by molar-refractivity contribution is -0.113. The molecule has 2 aromatic rings. The molecule has 0 aliphatic heterocycles. The molecule has 5 heteroatoms. The first-order chi connectivity index (χ1) is 9.67. The summed E-state index contributed by atoms with van der Waals surface area (Å²) in [5.41, 5.74) is 7.56. The van der Waals surface area contributed by atoms with Gasteiger partial charge in [-0.25, -0.2) is 0 Å². The van der Waals surface area contributed by atoms with E-state index in [4.69, 9.17) is 11.0 Å². The summed E-state index contributed by atoms with van der Waals surface area (Å²) in [6.45, 7) is 0. The number of nitrogens with two attached hydrogens (primary N) is 1. The zero-order valence-electron chi connectivity index (χ0n) is 10.7. The van der Waals surface area contributed by atoms with Crippen LogP contribution >= 0.6 is 11.8 Å². The van der Waals surface area contributed by atoms with E-state index >= 15 is 0 Å². The van der Waals surface area contributed by atoms with Crippen LogP contribution in [0.4, 0.5) is 11.4 Å². The van der Waals surface area contributed by atoms with Gasteiger partial charge in [-0.15, -0.1) is 11.8 Å². The van der Waals surface area contributed by atoms with Gasteiger partial charge in [0.1, 0.15) is 0 Å². The standard InChI is InChI=1S/C15H13N3OS/c16-9-11-1-5-13(6-2-11)18-15(19)10-20-14-7-3-12(17)4-8-14/h1-8H,10,17H2,(H,18,19). The highest BCUT2D eigenvalue weighted by molar-refractivity contribution is 8.00. The van der Waals surface area contributed by atoms with Gasteiger partial charge in [-0.2, -0.15) is 5.26 Å². The Balaban J connectivity index is 1.86. The van der Waals surface area contributed by atoms with Crippen LogP contribution in [0.3, 0.4) is 0 Å². The number of nitriles is 1. The van der Waals surface area contributed by atoms with Gasteiger partial charge in [-0.1, -0.05) is 0 Å². The molecule has 0 fully saturated rings. The minimum Gasteiger partial charge on any atom is -0.399 e. The van der Waals surface area contributed by atoms with Crippen LogP contribution in [0, 0.1) is 11.3 Å². The fourth-order valence-corrected chi connectivity index (χ4v) is 2.24. The van der Waals surface area contributed by atoms with E-state index < -0.39 is 0 Å². The van der Waals surface area contributed by atoms with E-state index in [-0.39, 0.29) is 5.91 Å². The molecule has 3 N–H and O–H groups in total. The zero-order chi connectivity index (χ0) is 14.4. The normalized spacial score (nSPS) is 9.75. The quantitative estimate of drug-likeness (QED) is 0.668. The van der Waals surface area contributed by atoms with E-state index in [1.54, 1.807) is 36.4 Å². The molecule has 100 valence electrons. The summed E-state index contributed by atoms with van der Waals surface area (Å²) >= 11 is 1.44. The maximum Gasteiger partial charge on any atom is 0.234 e. The number of nitrogen functional groups attached to an aromatic ring is 1. The van der Waals surface area contributed by atoms with E-state index in [0.29, 0.717) is 22.7 Å². The Morgan fingerprint density at radius 3 is 2.40 bits per heavy atom. The highest BCUT2D eigenvalue weighted by Crippen LogP contribution is 2.19. The number of carbonyl (C=O) groups excluding carboxylic acids is 1. The summed E-state index contributed by atoms with van der Waals surface area (Å²) in [6, 6.07) is 16.2. The Labute approximate surface area is 121 Å². The van der Waals surface area contributed by atoms with Crippen molar-refractivity contribution in [3.63, 3.8) is 0 Å². The van der Waals surface area contributed by atoms with Crippen molar-refractivity contribution in [3.8, 4) is 6.07 Å². The van der Waals surface area contributed by atoms with Crippen molar-refractivity contribution in [1.82, 2.24) is 0 Å². The topological polar surface area (TPSA) is 78.9 Å². The van der Waals surface area contributed by atoms with E-state index in [9.17, 15) is 4.79 Å². The van der Waals surface area contributed by atoms with Crippen molar-refractivity contribution in [2.45, 2.75) is 4.90 Å². The first-order valence-corrected chi connectivity index (χ1v) is 6.94. The number of nitrogens with one attached hydrogen (secondary N) is 1. The molecular formula is C15H13N3OS. The van der Waals surface area contributed by atoms with Gasteiger partial charge in [0.2, 0.25) is 5.91 Å². The lowest BCUT2D eigenvalue weighted by Crippen LogP contribution is -2.13. The van der Waals surface area contributed by atoms with E-state index in [1.807, 2.05) is 18.2 Å². The second-order valence-corrected chi connectivity index (χ2v) is 5.14. The number of thioether (sulfide) groups is 1. The number of hydrogen-bond donors (Lipinski definition) is 2. The molecule has 0 aliphatic carbocycles. The minimum absolute atomic E-state index is 0.0865. The van der Waals surface area contributed by atoms with Gasteiger partial charge < -0.3 is 11.1 Å². The first-order valence-electron chi connectivity index (χ1n) is 5.96. The van der Waals surface area contributed by atoms with Crippen LogP contribution in [0.2, 0.25) is 0 Å². The molecule has 0 saturated carbocycles. The second kappa shape index (κ2) is 6.64. The van der Waals surface area contributed by atoms with E-state index in [1.165, 1.54) is 11.8 Å². The molecule has 0 heterocycles. The largest absolute Gasteiger partial charge is 0.399 e. The predicted molar refractivity (Wildman–Crippen MR) is 81.4 cm³/mol. The van der Waals surface area contributed by atoms with Gasteiger partial charge in [0.15, 0.2) is 0 Å². The lowest BCUT2D eigenvalue weighted by atomic mass is 10.2. The van der Waals surface area contributed by atoms with Gasteiger partial charge >= 0.3 is 0 Å². The highest BCUT2D eigenvalue weighted by Gasteiger charge is 2.04. The lowest BCUT2D eigenvalue weighted by Gasteiger charge is -2.05. The molecule has 2 aromatic carbocycles. The maximum absolute atomic E-state index is 11.8. The van der Waals surface area contributed by atoms with Gasteiger partial charge in [0.05, 0.1) is 17.4 Å². The van der Waals surface area contributed by atoms with E-state index in [0.717, 1.165) is 4.90 Å². The summed E-state index contributed by atoms with van der Waals surface area (Å²) < 4.78 is 0. The molecular weight excluding hydrogens is 270 g/mol. The molecule has 20 heavy (non-hydrogen) atoms. The van der Waals surface area contributed by atoms with Crippen molar-refractivity contribution in [1.29, 1.82) is 5.26 Å². The summed E-state index contributed by atoms with van der Waals surface area (Å²) in [5.74, 6) is 0.237. The molecule has 1 amide bonds. The van der Waals surface area contributed by atoms with Gasteiger partial charge in [0.25, 0.3) is 0 Å². The molecule has 0 aliphatic rings. The third kappa shape index (κ3) is 4.04. The number of carbonyl (C=O) groups is 1. The van der Waals surface area contributed by atoms with Crippen LogP contribution in [0.5, 0.6) is 0 Å². The number of rotatable bonds is 4. The number of benzene rings is 2. The predicted octanol–water partition coefficient (Wildman–Crippen LogP) is 2.87. The molecule has 4 nitrogen and oxygen atoms in total. The Morgan fingerprint density at radius 2 is 1.80 bits per heavy atom. The maximum atomic E-state index is 11.8. The second-order valence-electron chi connectivity index (χ2n) is 4.10. The number of anilines is 2. The molecule has 0 aromatic heterocycles. The van der Waals surface area contributed by atoms with Crippen molar-refractivity contribution < 1.29 is 4.79 Å². The van der Waals surface area contributed by atoms with Crippen LogP contribution in [0.1, 0.15) is 5.56 Å². The van der Waals surface area contributed by atoms with Crippen LogP contribution in [0.25, 0.3) is 0 Å². The van der Waals surface area contributed by atoms with Gasteiger partial charge in [-0.3, -0.25) is 4.79 Å². The molecule has 0 bridgehead atoms. The smallest absolute Gasteiger partial charge is 0.234 e. The fourth-order valence-electron chi connectivity index (χ4n) is 1.54. The Morgan fingerprint density at radius 1 is 1.15 bits per heavy atom. The fraction of sp³-hybridized carbons (Fsp3) is 0.0667. The average molecular weight is 283 g/mol. The third-order valence-electron chi connectivity index (χ3n) is 2.55. The SMILES string of the molecule is N#Cc1ccc(NC(=O)CSc2ccc(N)cc2)cc1. The molecule has 0 saturated heterocycles. The molecule has 0 spiro atoms. The van der Waals surface area contributed by atoms with Gasteiger partial charge in [0, 0.05) is 16.3 Å². The van der Waals surface area contributed by atoms with Crippen molar-refractivity contribution >= 4 is 29.0 Å². The molecule has 0 unspecified atom stereocenters. The number of amides is 1. The van der Waals surface area contributed by atoms with E-state index in [2.05, 4.69) is 5.32 Å². The summed E-state index contributed by atoms with van der Waals surface area (Å²) in [6.07, 6.45) is 0. The van der Waals surface area contributed by atoms with Crippen LogP contribution in [0.15, 0.2) is 53.4 Å². The first kappa shape index (κ1) is 14.0. The zero-order valence-corrected chi connectivity index (χ0v) is 11.5. The summed E-state index contributed by atoms with van der Waals surface area (Å²) in [4.78, 5) is 12.8. The highest BCUT2D eigenvalue weighted by atomic mass is 32.2. The monoisotopic (exact) mass is 283 g/mol. The Hall–Kier alpha value is -2.45. The van der Waals surface area contributed by atoms with Crippen molar-refractivity contribution in [3.05, 3.63) is 54.1 Å². The Bertz CT molecular complexity index is 630. The number of nitrogens with zero attached hydrogens (tertiary/aromatic N) is 1. The minimum atomic E-state index is -0.0865. The molecule has 2 rings (SSSR count). The van der Waals surface area contributed by atoms with Crippen LogP contribution < -0.4 is 11.1 Å². The summed E-state index contributed by atoms with van der Waals surface area (Å²) in [7, 11) is 0. The third-order valence-corrected chi connectivity index (χ3v) is 3.56. The molecule has 0 radical (unpaired) electrons. The van der Waals surface area contributed by atoms with Crippen molar-refractivity contribution in [2.24, 2.45) is 0 Å². The van der Waals surface area contributed by atoms with Crippen LogP contribution in [-0.4, -0.2) is 11.7 Å². The molecule has 0 atom stereocenters. The summed E-state index contributed by atoms with van der Waals surface area (Å²) in [5, 5.41) is 11.5. The van der Waals surface area contributed by atoms with Crippen LogP contribution in [-0.2, 0) is 4.79 Å². The number of hydrogen-bond acceptors (Lipinski definition) is 4. The van der Waals surface area contributed by atoms with Crippen molar-refractivity contribution in [2.75, 3.05) is 16.8 Å².